The number of rotatable bonds is 1. The Kier molecular flexibility index (Phi) is 3.82. The monoisotopic (exact) mass is 243 g/mol. The number of benzene rings is 1. The summed E-state index contributed by atoms with van der Waals surface area (Å²) in [5, 5.41) is 3.29. The summed E-state index contributed by atoms with van der Waals surface area (Å²) in [6.45, 7) is 3.01. The predicted octanol–water partition coefficient (Wildman–Crippen LogP) is 2.98. The van der Waals surface area contributed by atoms with Crippen LogP contribution in [-0.4, -0.2) is 18.1 Å². The van der Waals surface area contributed by atoms with Crippen LogP contribution in [0.5, 0.6) is 0 Å². The molecular weight excluding hydrogens is 228 g/mol. The summed E-state index contributed by atoms with van der Waals surface area (Å²) in [6, 6.07) is 4.30. The Morgan fingerprint density at radius 3 is 2.94 bits per heavy atom. The lowest BCUT2D eigenvalue weighted by Crippen LogP contribution is -2.26. The second-order valence-electron chi connectivity index (χ2n) is 4.25. The molecule has 0 bridgehead atoms. The van der Waals surface area contributed by atoms with Gasteiger partial charge in [0.2, 0.25) is 0 Å². The summed E-state index contributed by atoms with van der Waals surface area (Å²) in [7, 11) is 0. The van der Waals surface area contributed by atoms with Gasteiger partial charge in [-0.25, -0.2) is 8.78 Å². The molecule has 1 aliphatic rings. The van der Waals surface area contributed by atoms with Gasteiger partial charge in [0.05, 0.1) is 0 Å². The molecule has 0 aromatic heterocycles. The van der Waals surface area contributed by atoms with E-state index in [2.05, 4.69) is 12.2 Å². The molecule has 1 fully saturated rings. The first-order valence-corrected chi connectivity index (χ1v) is 6.59. The molecule has 4 heteroatoms. The van der Waals surface area contributed by atoms with Crippen molar-refractivity contribution in [1.82, 2.24) is 5.32 Å². The number of nitrogens with one attached hydrogen (secondary N) is 1. The largest absolute Gasteiger partial charge is 0.309 e. The van der Waals surface area contributed by atoms with Crippen LogP contribution in [0, 0.1) is 17.6 Å². The van der Waals surface area contributed by atoms with Crippen molar-refractivity contribution in [2.45, 2.75) is 13.0 Å². The Balaban J connectivity index is 2.20. The molecule has 0 spiro atoms. The first-order chi connectivity index (χ1) is 7.68. The van der Waals surface area contributed by atoms with Crippen molar-refractivity contribution < 1.29 is 8.78 Å². The fourth-order valence-corrected chi connectivity index (χ4v) is 3.03. The highest BCUT2D eigenvalue weighted by Gasteiger charge is 2.21. The number of thioether (sulfide) groups is 1. The number of hydrogen-bond donors (Lipinski definition) is 1. The first-order valence-electron chi connectivity index (χ1n) is 5.43. The van der Waals surface area contributed by atoms with Gasteiger partial charge in [-0.1, -0.05) is 19.1 Å². The summed E-state index contributed by atoms with van der Waals surface area (Å²) < 4.78 is 26.7. The van der Waals surface area contributed by atoms with Crippen molar-refractivity contribution in [2.24, 2.45) is 5.92 Å². The number of hydrogen-bond acceptors (Lipinski definition) is 2. The lowest BCUT2D eigenvalue weighted by atomic mass is 10.1. The van der Waals surface area contributed by atoms with Crippen molar-refractivity contribution in [3.8, 4) is 0 Å². The summed E-state index contributed by atoms with van der Waals surface area (Å²) >= 11 is 1.79. The standard InChI is InChI=1S/C12H15F2NS/c1-8-5-15-11(7-16-6-8)9-3-2-4-10(13)12(9)14/h2-4,8,11,15H,5-7H2,1H3. The molecule has 0 aliphatic carbocycles. The van der Waals surface area contributed by atoms with Gasteiger partial charge in [0.1, 0.15) is 0 Å². The van der Waals surface area contributed by atoms with Gasteiger partial charge in [-0.2, -0.15) is 11.8 Å². The number of halogens is 2. The van der Waals surface area contributed by atoms with Gasteiger partial charge in [-0.15, -0.1) is 0 Å². The van der Waals surface area contributed by atoms with Crippen LogP contribution in [0.3, 0.4) is 0 Å². The van der Waals surface area contributed by atoms with E-state index < -0.39 is 11.6 Å². The summed E-state index contributed by atoms with van der Waals surface area (Å²) in [4.78, 5) is 0. The minimum absolute atomic E-state index is 0.0781. The van der Waals surface area contributed by atoms with Crippen molar-refractivity contribution >= 4 is 11.8 Å². The average molecular weight is 243 g/mol. The van der Waals surface area contributed by atoms with Crippen LogP contribution in [0.1, 0.15) is 18.5 Å². The smallest absolute Gasteiger partial charge is 0.163 e. The fraction of sp³-hybridized carbons (Fsp3) is 0.500. The second-order valence-corrected chi connectivity index (χ2v) is 5.32. The molecule has 88 valence electrons. The van der Waals surface area contributed by atoms with Gasteiger partial charge in [-0.05, 0) is 24.3 Å². The molecular formula is C12H15F2NS. The van der Waals surface area contributed by atoms with E-state index in [1.54, 1.807) is 23.9 Å². The van der Waals surface area contributed by atoms with Gasteiger partial charge in [0.15, 0.2) is 11.6 Å². The quantitative estimate of drug-likeness (QED) is 0.814. The fourth-order valence-electron chi connectivity index (χ4n) is 1.84. The van der Waals surface area contributed by atoms with E-state index in [1.165, 1.54) is 0 Å². The molecule has 1 aliphatic heterocycles. The molecule has 2 atom stereocenters. The van der Waals surface area contributed by atoms with Crippen LogP contribution >= 0.6 is 11.8 Å². The van der Waals surface area contributed by atoms with E-state index in [0.717, 1.165) is 24.1 Å². The van der Waals surface area contributed by atoms with E-state index in [0.29, 0.717) is 11.5 Å². The van der Waals surface area contributed by atoms with Gasteiger partial charge in [0.25, 0.3) is 0 Å². The molecule has 2 rings (SSSR count). The second kappa shape index (κ2) is 5.15. The Labute approximate surface area is 98.6 Å². The average Bonchev–Trinajstić information content (AvgIpc) is 2.47. The third kappa shape index (κ3) is 2.55. The van der Waals surface area contributed by atoms with Gasteiger partial charge in [0, 0.05) is 17.4 Å². The highest BCUT2D eigenvalue weighted by molar-refractivity contribution is 7.99. The zero-order valence-electron chi connectivity index (χ0n) is 9.17. The Morgan fingerprint density at radius 2 is 2.12 bits per heavy atom. The molecule has 0 amide bonds. The summed E-state index contributed by atoms with van der Waals surface area (Å²) in [5.41, 5.74) is 0.446. The van der Waals surface area contributed by atoms with Gasteiger partial charge < -0.3 is 5.32 Å². The minimum atomic E-state index is -0.762. The molecule has 1 heterocycles. The van der Waals surface area contributed by atoms with Crippen molar-refractivity contribution in [3.63, 3.8) is 0 Å². The van der Waals surface area contributed by atoms with Crippen LogP contribution in [0.2, 0.25) is 0 Å². The lowest BCUT2D eigenvalue weighted by molar-refractivity contribution is 0.464. The van der Waals surface area contributed by atoms with Crippen LogP contribution < -0.4 is 5.32 Å². The SMILES string of the molecule is CC1CNC(c2cccc(F)c2F)CSC1. The molecule has 1 saturated heterocycles. The van der Waals surface area contributed by atoms with E-state index >= 15 is 0 Å². The highest BCUT2D eigenvalue weighted by Crippen LogP contribution is 2.26. The zero-order chi connectivity index (χ0) is 11.5. The summed E-state index contributed by atoms with van der Waals surface area (Å²) in [5.74, 6) is 0.967. The third-order valence-corrected chi connectivity index (χ3v) is 4.13. The first kappa shape index (κ1) is 11.9. The third-order valence-electron chi connectivity index (χ3n) is 2.76. The Morgan fingerprint density at radius 1 is 1.31 bits per heavy atom. The zero-order valence-corrected chi connectivity index (χ0v) is 9.99. The van der Waals surface area contributed by atoms with Crippen molar-refractivity contribution in [3.05, 3.63) is 35.4 Å². The Bertz CT molecular complexity index is 370. The molecule has 2 unspecified atom stereocenters. The molecule has 1 N–H and O–H groups in total. The topological polar surface area (TPSA) is 12.0 Å². The molecule has 0 saturated carbocycles. The van der Waals surface area contributed by atoms with Crippen LogP contribution in [0.4, 0.5) is 8.78 Å². The van der Waals surface area contributed by atoms with E-state index in [9.17, 15) is 8.78 Å². The molecule has 1 nitrogen and oxygen atoms in total. The molecule has 1 aromatic rings. The predicted molar refractivity (Wildman–Crippen MR) is 63.6 cm³/mol. The van der Waals surface area contributed by atoms with E-state index in [1.807, 2.05) is 0 Å². The van der Waals surface area contributed by atoms with Gasteiger partial charge >= 0.3 is 0 Å². The maximum absolute atomic E-state index is 13.6. The highest BCUT2D eigenvalue weighted by atomic mass is 32.2. The Hall–Kier alpha value is -0.610. The van der Waals surface area contributed by atoms with Crippen molar-refractivity contribution in [2.75, 3.05) is 18.1 Å². The maximum atomic E-state index is 13.6. The van der Waals surface area contributed by atoms with Crippen LogP contribution in [0.25, 0.3) is 0 Å². The van der Waals surface area contributed by atoms with Gasteiger partial charge in [-0.3, -0.25) is 0 Å². The minimum Gasteiger partial charge on any atom is -0.309 e. The van der Waals surface area contributed by atoms with E-state index in [4.69, 9.17) is 0 Å². The van der Waals surface area contributed by atoms with E-state index in [-0.39, 0.29) is 6.04 Å². The van der Waals surface area contributed by atoms with Crippen molar-refractivity contribution in [1.29, 1.82) is 0 Å². The molecule has 16 heavy (non-hydrogen) atoms. The molecule has 0 radical (unpaired) electrons. The summed E-state index contributed by atoms with van der Waals surface area (Å²) in [6.07, 6.45) is 0. The van der Waals surface area contributed by atoms with Crippen LogP contribution in [-0.2, 0) is 0 Å². The normalized spacial score (nSPS) is 26.4. The molecule has 1 aromatic carbocycles. The lowest BCUT2D eigenvalue weighted by Gasteiger charge is -2.17. The van der Waals surface area contributed by atoms with Crippen LogP contribution in [0.15, 0.2) is 18.2 Å². The maximum Gasteiger partial charge on any atom is 0.163 e.